The predicted octanol–water partition coefficient (Wildman–Crippen LogP) is 5.29. The minimum atomic E-state index is -1.05. The summed E-state index contributed by atoms with van der Waals surface area (Å²) in [4.78, 5) is 11.4. The molecule has 2 aromatic carbocycles. The molecule has 1 heterocycles. The molecule has 0 saturated carbocycles. The summed E-state index contributed by atoms with van der Waals surface area (Å²) in [6.07, 6.45) is 9.30. The molecule has 1 fully saturated rings. The number of nitrogens with two attached hydrogens (primary N) is 1. The van der Waals surface area contributed by atoms with Gasteiger partial charge in [-0.15, -0.1) is 12.8 Å². The van der Waals surface area contributed by atoms with E-state index in [1.165, 1.54) is 0 Å². The Labute approximate surface area is 210 Å². The molecule has 0 radical (unpaired) electrons. The van der Waals surface area contributed by atoms with Crippen LogP contribution in [0.15, 0.2) is 53.4 Å². The minimum absolute atomic E-state index is 0.0330. The van der Waals surface area contributed by atoms with E-state index in [4.69, 9.17) is 31.5 Å². The lowest BCUT2D eigenvalue weighted by molar-refractivity contribution is -0.176. The number of carbonyl (C=O) groups is 1. The van der Waals surface area contributed by atoms with E-state index >= 15 is 0 Å². The molecular weight excluding hydrogens is 473 g/mol. The van der Waals surface area contributed by atoms with Gasteiger partial charge in [-0.2, -0.15) is 0 Å². The van der Waals surface area contributed by atoms with Crippen LogP contribution in [0.2, 0.25) is 0 Å². The summed E-state index contributed by atoms with van der Waals surface area (Å²) < 4.78 is 21.4. The summed E-state index contributed by atoms with van der Waals surface area (Å²) in [7, 11) is 0. The number of carboxylic acids is 1. The maximum absolute atomic E-state index is 13.9. The van der Waals surface area contributed by atoms with Gasteiger partial charge < -0.3 is 21.0 Å². The number of halogens is 1. The zero-order valence-electron chi connectivity index (χ0n) is 20.0. The van der Waals surface area contributed by atoms with Crippen molar-refractivity contribution in [2.45, 2.75) is 43.7 Å². The number of ether oxygens (including phenoxy) is 1. The molecule has 1 aliphatic heterocycles. The highest BCUT2D eigenvalue weighted by Crippen LogP contribution is 2.32. The van der Waals surface area contributed by atoms with Crippen LogP contribution in [-0.4, -0.2) is 57.0 Å². The molecule has 1 atom stereocenters. The zero-order chi connectivity index (χ0) is 26.9. The number of alkyl halides is 1. The average molecular weight is 508 g/mol. The van der Waals surface area contributed by atoms with Crippen LogP contribution in [-0.2, 0) is 4.79 Å². The number of anilines is 1. The summed E-state index contributed by atoms with van der Waals surface area (Å²) in [5.41, 5.74) is 5.48. The van der Waals surface area contributed by atoms with Crippen LogP contribution in [0.25, 0.3) is 0 Å². The number of piperidine rings is 1. The van der Waals surface area contributed by atoms with Gasteiger partial charge in [0.05, 0.1) is 18.7 Å². The Morgan fingerprint density at radius 3 is 2.34 bits per heavy atom. The lowest BCUT2D eigenvalue weighted by atomic mass is 9.99. The number of carboxylic acid groups (broad SMARTS) is 1. The Kier molecular flexibility index (Phi) is 15.8. The standard InChI is InChI=1S/C14H20FNOS.C9H10N2O2.C2H2.H2O2/c1-3-17-12-5-7-13(8-6-12)18-16-10-4-9-14(2,15)11-16;10-7-4-2-1-3-6(7)8(11)5-9(12)13;2*1-2/h5-8H,3-4,9-11H2,1-2H3;1-4,11H,5,10H2,(H,12,13);2*1-2H/t14-;;;/m1.../s1. The van der Waals surface area contributed by atoms with Gasteiger partial charge in [-0.25, -0.2) is 8.70 Å². The topological polar surface area (TPSA) is 140 Å². The first-order chi connectivity index (χ1) is 16.7. The van der Waals surface area contributed by atoms with Crippen LogP contribution in [0, 0.1) is 18.3 Å². The fourth-order valence-electron chi connectivity index (χ4n) is 3.16. The van der Waals surface area contributed by atoms with Crippen LogP contribution in [0.5, 0.6) is 5.75 Å². The largest absolute Gasteiger partial charge is 0.494 e. The second kappa shape index (κ2) is 17.4. The van der Waals surface area contributed by atoms with Crippen molar-refractivity contribution in [3.63, 3.8) is 0 Å². The average Bonchev–Trinajstić information content (AvgIpc) is 2.83. The van der Waals surface area contributed by atoms with E-state index in [-0.39, 0.29) is 12.1 Å². The summed E-state index contributed by atoms with van der Waals surface area (Å²) in [5, 5.41) is 27.9. The number of para-hydroxylation sites is 1. The van der Waals surface area contributed by atoms with Crippen LogP contribution >= 0.6 is 11.9 Å². The van der Waals surface area contributed by atoms with E-state index in [9.17, 15) is 9.18 Å². The number of benzene rings is 2. The third-order valence-electron chi connectivity index (χ3n) is 4.59. The summed E-state index contributed by atoms with van der Waals surface area (Å²) in [5.74, 6) is -0.135. The van der Waals surface area contributed by atoms with E-state index in [1.807, 2.05) is 31.2 Å². The van der Waals surface area contributed by atoms with E-state index in [1.54, 1.807) is 43.1 Å². The van der Waals surface area contributed by atoms with Crippen LogP contribution in [0.1, 0.15) is 38.7 Å². The molecule has 3 rings (SSSR count). The molecule has 2 aromatic rings. The van der Waals surface area contributed by atoms with Crippen molar-refractivity contribution in [2.24, 2.45) is 0 Å². The molecule has 1 saturated heterocycles. The number of rotatable bonds is 7. The van der Waals surface area contributed by atoms with Gasteiger partial charge in [0.1, 0.15) is 11.4 Å². The van der Waals surface area contributed by atoms with Gasteiger partial charge in [0.15, 0.2) is 0 Å². The SMILES string of the molecule is C#C.CCOc1ccc(SN2CCC[C@@](C)(F)C2)cc1.N=C(CC(=O)O)c1ccccc1N.OO. The van der Waals surface area contributed by atoms with Gasteiger partial charge in [-0.05, 0) is 69.0 Å². The van der Waals surface area contributed by atoms with E-state index in [0.717, 1.165) is 23.6 Å². The molecule has 8 nitrogen and oxygen atoms in total. The number of terminal acetylenes is 1. The summed E-state index contributed by atoms with van der Waals surface area (Å²) in [6.45, 7) is 5.80. The second-order valence-corrected chi connectivity index (χ2v) is 8.68. The van der Waals surface area contributed by atoms with Crippen molar-refractivity contribution in [3.05, 3.63) is 54.1 Å². The van der Waals surface area contributed by atoms with Gasteiger partial charge in [0.2, 0.25) is 0 Å². The normalized spacial score (nSPS) is 16.7. The number of nitrogen functional groups attached to an aromatic ring is 1. The van der Waals surface area contributed by atoms with Crippen molar-refractivity contribution < 1.29 is 29.5 Å². The van der Waals surface area contributed by atoms with Gasteiger partial charge in [-0.3, -0.25) is 15.3 Å². The highest BCUT2D eigenvalue weighted by atomic mass is 32.2. The summed E-state index contributed by atoms with van der Waals surface area (Å²) >= 11 is 1.63. The highest BCUT2D eigenvalue weighted by Gasteiger charge is 2.30. The molecular formula is C25H34FN3O5S. The van der Waals surface area contributed by atoms with Crippen LogP contribution in [0.3, 0.4) is 0 Å². The molecule has 6 N–H and O–H groups in total. The number of aliphatic carboxylic acids is 1. The lowest BCUT2D eigenvalue weighted by Crippen LogP contribution is -2.39. The predicted molar refractivity (Wildman–Crippen MR) is 139 cm³/mol. The third-order valence-corrected chi connectivity index (χ3v) is 5.65. The van der Waals surface area contributed by atoms with Crippen molar-refractivity contribution in [1.82, 2.24) is 4.31 Å². The van der Waals surface area contributed by atoms with Gasteiger partial charge in [-0.1, -0.05) is 18.2 Å². The maximum Gasteiger partial charge on any atom is 0.309 e. The Bertz CT molecular complexity index is 923. The first kappa shape index (κ1) is 31.9. The fraction of sp³-hybridized carbons (Fsp3) is 0.360. The molecule has 0 amide bonds. The Balaban J connectivity index is 0.000000602. The Morgan fingerprint density at radius 1 is 1.23 bits per heavy atom. The first-order valence-electron chi connectivity index (χ1n) is 10.7. The molecule has 0 unspecified atom stereocenters. The third kappa shape index (κ3) is 12.8. The van der Waals surface area contributed by atoms with E-state index < -0.39 is 11.6 Å². The fourth-order valence-corrected chi connectivity index (χ4v) is 4.27. The smallest absolute Gasteiger partial charge is 0.309 e. The maximum atomic E-state index is 13.9. The quantitative estimate of drug-likeness (QED) is 0.0850. The molecule has 35 heavy (non-hydrogen) atoms. The van der Waals surface area contributed by atoms with E-state index in [2.05, 4.69) is 17.2 Å². The highest BCUT2D eigenvalue weighted by molar-refractivity contribution is 7.97. The lowest BCUT2D eigenvalue weighted by Gasteiger charge is -2.34. The minimum Gasteiger partial charge on any atom is -0.494 e. The van der Waals surface area contributed by atoms with Crippen LogP contribution < -0.4 is 10.5 Å². The summed E-state index contributed by atoms with van der Waals surface area (Å²) in [6, 6.07) is 14.7. The molecule has 10 heteroatoms. The first-order valence-corrected chi connectivity index (χ1v) is 11.5. The van der Waals surface area contributed by atoms with Gasteiger partial charge in [0, 0.05) is 29.2 Å². The molecule has 0 spiro atoms. The molecule has 1 aliphatic rings. The van der Waals surface area contributed by atoms with Gasteiger partial charge in [0.25, 0.3) is 0 Å². The molecule has 0 aliphatic carbocycles. The van der Waals surface area contributed by atoms with Crippen LogP contribution in [0.4, 0.5) is 10.1 Å². The Morgan fingerprint density at radius 2 is 1.83 bits per heavy atom. The molecule has 192 valence electrons. The van der Waals surface area contributed by atoms with Gasteiger partial charge >= 0.3 is 5.97 Å². The number of hydrogen-bond acceptors (Lipinski definition) is 8. The van der Waals surface area contributed by atoms with Crippen molar-refractivity contribution in [1.29, 1.82) is 5.41 Å². The Hall–Kier alpha value is -3.10. The number of nitrogens with one attached hydrogen (secondary N) is 1. The monoisotopic (exact) mass is 507 g/mol. The van der Waals surface area contributed by atoms with Crippen molar-refractivity contribution >= 4 is 29.3 Å². The van der Waals surface area contributed by atoms with Crippen molar-refractivity contribution in [3.8, 4) is 18.6 Å². The molecule has 0 bridgehead atoms. The number of hydrogen-bond donors (Lipinski definition) is 5. The van der Waals surface area contributed by atoms with E-state index in [0.29, 0.717) is 30.8 Å². The number of nitrogens with zero attached hydrogens (tertiary/aromatic N) is 1. The second-order valence-electron chi connectivity index (χ2n) is 7.51. The zero-order valence-corrected chi connectivity index (χ0v) is 20.8. The molecule has 0 aromatic heterocycles. The van der Waals surface area contributed by atoms with Crippen molar-refractivity contribution in [2.75, 3.05) is 25.4 Å².